The molecule has 1 aromatic carbocycles. The quantitative estimate of drug-likeness (QED) is 0.820. The van der Waals surface area contributed by atoms with Crippen molar-refractivity contribution in [2.24, 2.45) is 0 Å². The molecule has 1 amide bonds. The van der Waals surface area contributed by atoms with Crippen molar-refractivity contribution in [3.8, 4) is 12.1 Å². The number of allylic oxidation sites excluding steroid dienone is 1. The summed E-state index contributed by atoms with van der Waals surface area (Å²) in [4.78, 5) is 15.4. The average molecular weight is 394 g/mol. The van der Waals surface area contributed by atoms with Gasteiger partial charge >= 0.3 is 0 Å². The Labute approximate surface area is 169 Å². The lowest BCUT2D eigenvalue weighted by atomic mass is 9.76. The van der Waals surface area contributed by atoms with E-state index in [1.165, 1.54) is 16.7 Å². The predicted molar refractivity (Wildman–Crippen MR) is 110 cm³/mol. The van der Waals surface area contributed by atoms with Gasteiger partial charge in [0, 0.05) is 12.0 Å². The highest BCUT2D eigenvalue weighted by Crippen LogP contribution is 2.47. The number of nitriles is 2. The first-order valence-corrected chi connectivity index (χ1v) is 9.95. The molecule has 0 aromatic heterocycles. The molecule has 1 aromatic rings. The van der Waals surface area contributed by atoms with Crippen LogP contribution < -0.4 is 5.32 Å². The standard InChI is InChI=1S/C21H23N5OS/c1-20(2,12-23)14-7-5-13(6-8-14)17-18(27)26(4)19(24)25-21(17,3)16-10-9-15(11-22)28-16/h5-8,10,15,17H,9H2,1-4H3,(H2,24,25)/t15?,17-,21+/m0/s1. The van der Waals surface area contributed by atoms with Crippen molar-refractivity contribution in [1.82, 2.24) is 10.2 Å². The van der Waals surface area contributed by atoms with E-state index < -0.39 is 16.9 Å². The Morgan fingerprint density at radius 2 is 1.96 bits per heavy atom. The summed E-state index contributed by atoms with van der Waals surface area (Å²) in [7, 11) is 1.59. The van der Waals surface area contributed by atoms with E-state index in [4.69, 9.17) is 5.41 Å². The Balaban J connectivity index is 2.05. The van der Waals surface area contributed by atoms with Gasteiger partial charge in [0.25, 0.3) is 0 Å². The van der Waals surface area contributed by atoms with Gasteiger partial charge in [0.15, 0.2) is 5.96 Å². The fourth-order valence-corrected chi connectivity index (χ4v) is 4.82. The van der Waals surface area contributed by atoms with Crippen LogP contribution in [0.15, 0.2) is 35.2 Å². The summed E-state index contributed by atoms with van der Waals surface area (Å²) in [6, 6.07) is 12.1. The van der Waals surface area contributed by atoms with Gasteiger partial charge in [-0.15, -0.1) is 11.8 Å². The van der Waals surface area contributed by atoms with Crippen LogP contribution in [0.2, 0.25) is 0 Å². The van der Waals surface area contributed by atoms with E-state index in [0.29, 0.717) is 6.42 Å². The molecule has 3 atom stereocenters. The molecule has 0 aliphatic carbocycles. The van der Waals surface area contributed by atoms with Gasteiger partial charge in [-0.25, -0.2) is 0 Å². The van der Waals surface area contributed by atoms with E-state index in [0.717, 1.165) is 16.0 Å². The molecule has 0 saturated carbocycles. The van der Waals surface area contributed by atoms with Crippen molar-refractivity contribution < 1.29 is 4.79 Å². The van der Waals surface area contributed by atoms with Crippen LogP contribution in [0.25, 0.3) is 0 Å². The number of amides is 1. The molecule has 2 N–H and O–H groups in total. The van der Waals surface area contributed by atoms with E-state index in [9.17, 15) is 15.3 Å². The van der Waals surface area contributed by atoms with Crippen molar-refractivity contribution in [3.05, 3.63) is 46.4 Å². The average Bonchev–Trinajstić information content (AvgIpc) is 3.17. The number of hydrogen-bond acceptors (Lipinski definition) is 5. The number of thioether (sulfide) groups is 1. The van der Waals surface area contributed by atoms with Crippen LogP contribution in [0.1, 0.15) is 44.2 Å². The number of benzene rings is 1. The Morgan fingerprint density at radius 1 is 1.32 bits per heavy atom. The molecular weight excluding hydrogens is 370 g/mol. The normalized spacial score (nSPS) is 27.6. The van der Waals surface area contributed by atoms with E-state index in [-0.39, 0.29) is 17.1 Å². The smallest absolute Gasteiger partial charge is 0.239 e. The zero-order valence-corrected chi connectivity index (χ0v) is 17.2. The van der Waals surface area contributed by atoms with Gasteiger partial charge in [0.05, 0.1) is 34.3 Å². The number of carbonyl (C=O) groups is 1. The topological polar surface area (TPSA) is 104 Å². The Hall–Kier alpha value is -2.77. The fourth-order valence-electron chi connectivity index (χ4n) is 3.67. The van der Waals surface area contributed by atoms with E-state index in [1.54, 1.807) is 7.05 Å². The molecule has 3 rings (SSSR count). The maximum atomic E-state index is 13.2. The third-order valence-corrected chi connectivity index (χ3v) is 6.98. The summed E-state index contributed by atoms with van der Waals surface area (Å²) in [6.07, 6.45) is 2.63. The van der Waals surface area contributed by atoms with Crippen molar-refractivity contribution >= 4 is 23.6 Å². The molecule has 0 radical (unpaired) electrons. The van der Waals surface area contributed by atoms with Crippen LogP contribution in [0.3, 0.4) is 0 Å². The first kappa shape index (κ1) is 20.0. The number of nitrogens with one attached hydrogen (secondary N) is 2. The monoisotopic (exact) mass is 393 g/mol. The summed E-state index contributed by atoms with van der Waals surface area (Å²) < 4.78 is 0. The minimum atomic E-state index is -0.802. The van der Waals surface area contributed by atoms with Gasteiger partial charge < -0.3 is 5.32 Å². The van der Waals surface area contributed by atoms with Gasteiger partial charge in [0.1, 0.15) is 0 Å². The second-order valence-electron chi connectivity index (χ2n) is 7.90. The van der Waals surface area contributed by atoms with E-state index >= 15 is 0 Å². The lowest BCUT2D eigenvalue weighted by Crippen LogP contribution is -2.64. The highest BCUT2D eigenvalue weighted by molar-refractivity contribution is 8.04. The fraction of sp³-hybridized carbons (Fsp3) is 0.429. The van der Waals surface area contributed by atoms with Gasteiger partial charge in [-0.2, -0.15) is 10.5 Å². The zero-order chi connectivity index (χ0) is 20.7. The first-order valence-electron chi connectivity index (χ1n) is 9.07. The Bertz CT molecular complexity index is 937. The maximum Gasteiger partial charge on any atom is 0.239 e. The van der Waals surface area contributed by atoms with Crippen molar-refractivity contribution in [2.75, 3.05) is 7.05 Å². The second kappa shape index (κ2) is 7.00. The van der Waals surface area contributed by atoms with Crippen LogP contribution in [0.4, 0.5) is 0 Å². The number of carbonyl (C=O) groups excluding carboxylic acids is 1. The molecule has 7 heteroatoms. The van der Waals surface area contributed by atoms with Crippen molar-refractivity contribution in [3.63, 3.8) is 0 Å². The van der Waals surface area contributed by atoms with Gasteiger partial charge in [-0.05, 0) is 38.3 Å². The number of likely N-dealkylation sites (N-methyl/N-ethyl adjacent to an activating group) is 1. The number of nitrogens with zero attached hydrogens (tertiary/aromatic N) is 3. The Morgan fingerprint density at radius 3 is 2.50 bits per heavy atom. The highest BCUT2D eigenvalue weighted by atomic mass is 32.2. The van der Waals surface area contributed by atoms with Crippen molar-refractivity contribution in [1.29, 1.82) is 15.9 Å². The van der Waals surface area contributed by atoms with Crippen molar-refractivity contribution in [2.45, 2.75) is 49.3 Å². The molecule has 2 aliphatic heterocycles. The third-order valence-electron chi connectivity index (χ3n) is 5.56. The molecule has 6 nitrogen and oxygen atoms in total. The molecule has 1 fully saturated rings. The molecule has 2 aliphatic rings. The van der Waals surface area contributed by atoms with Gasteiger partial charge in [0.2, 0.25) is 5.91 Å². The summed E-state index contributed by atoms with van der Waals surface area (Å²) in [6.45, 7) is 5.63. The lowest BCUT2D eigenvalue weighted by molar-refractivity contribution is -0.130. The summed E-state index contributed by atoms with van der Waals surface area (Å²) in [5.74, 6) is -0.657. The van der Waals surface area contributed by atoms with Crippen LogP contribution in [-0.4, -0.2) is 34.6 Å². The van der Waals surface area contributed by atoms with Crippen LogP contribution in [-0.2, 0) is 10.2 Å². The molecule has 1 saturated heterocycles. The number of hydrogen-bond donors (Lipinski definition) is 2. The summed E-state index contributed by atoms with van der Waals surface area (Å²) >= 11 is 1.46. The van der Waals surface area contributed by atoms with Gasteiger partial charge in [-0.1, -0.05) is 30.3 Å². The molecule has 0 bridgehead atoms. The van der Waals surface area contributed by atoms with Crippen LogP contribution in [0.5, 0.6) is 0 Å². The SMILES string of the molecule is CN1C(=N)N[C@](C)(C2=CCC(C#N)S2)[C@@H](c2ccc(C(C)(C)C#N)cc2)C1=O. The first-order chi connectivity index (χ1) is 13.1. The van der Waals surface area contributed by atoms with E-state index in [2.05, 4.69) is 17.5 Å². The predicted octanol–water partition coefficient (Wildman–Crippen LogP) is 3.24. The number of rotatable bonds is 3. The van der Waals surface area contributed by atoms with E-state index in [1.807, 2.05) is 51.1 Å². The highest BCUT2D eigenvalue weighted by Gasteiger charge is 2.50. The molecule has 2 heterocycles. The molecular formula is C21H23N5OS. The van der Waals surface area contributed by atoms with Crippen LogP contribution in [0, 0.1) is 28.1 Å². The van der Waals surface area contributed by atoms with Gasteiger partial charge in [-0.3, -0.25) is 15.1 Å². The molecule has 0 spiro atoms. The second-order valence-corrected chi connectivity index (χ2v) is 9.15. The van der Waals surface area contributed by atoms with Crippen LogP contribution >= 0.6 is 11.8 Å². The maximum absolute atomic E-state index is 13.2. The Kier molecular flexibility index (Phi) is 4.99. The summed E-state index contributed by atoms with van der Waals surface area (Å²) in [5, 5.41) is 29.8. The minimum absolute atomic E-state index is 0.0490. The molecule has 1 unspecified atom stereocenters. The molecule has 28 heavy (non-hydrogen) atoms. The minimum Gasteiger partial charge on any atom is -0.345 e. The zero-order valence-electron chi connectivity index (χ0n) is 16.4. The lowest BCUT2D eigenvalue weighted by Gasteiger charge is -2.46. The third kappa shape index (κ3) is 3.16. The number of guanidine groups is 1. The molecule has 144 valence electrons. The largest absolute Gasteiger partial charge is 0.345 e. The summed E-state index contributed by atoms with van der Waals surface area (Å²) in [5.41, 5.74) is 0.290.